The number of nitrogens with zero attached hydrogens (tertiary/aromatic N) is 2. The summed E-state index contributed by atoms with van der Waals surface area (Å²) in [5.41, 5.74) is 0. The molecule has 2 heterocycles. The summed E-state index contributed by atoms with van der Waals surface area (Å²) < 4.78 is 0. The van der Waals surface area contributed by atoms with Gasteiger partial charge in [0.2, 0.25) is 0 Å². The fraction of sp³-hybridized carbons (Fsp3) is 0. The van der Waals surface area contributed by atoms with Crippen molar-refractivity contribution in [3.63, 3.8) is 0 Å². The molecule has 0 aliphatic rings. The molecule has 0 spiro atoms. The van der Waals surface area contributed by atoms with Gasteiger partial charge in [0.1, 0.15) is 10.1 Å². The van der Waals surface area contributed by atoms with Crippen LogP contribution in [0.15, 0.2) is 46.7 Å². The summed E-state index contributed by atoms with van der Waals surface area (Å²) >= 11 is 12.0. The molecule has 2 nitrogen and oxygen atoms in total. The van der Waals surface area contributed by atoms with E-state index in [4.69, 9.17) is 23.2 Å². The van der Waals surface area contributed by atoms with Gasteiger partial charge in [-0.2, -0.15) is 0 Å². The van der Waals surface area contributed by atoms with E-state index < -0.39 is 0 Å². The molecule has 0 aliphatic carbocycles. The van der Waals surface area contributed by atoms with Crippen LogP contribution < -0.4 is 0 Å². The van der Waals surface area contributed by atoms with E-state index in [2.05, 4.69) is 9.97 Å². The first-order valence-electron chi connectivity index (χ1n) is 4.33. The average Bonchev–Trinajstić information content (AvgIpc) is 2.30. The molecule has 0 aromatic carbocycles. The quantitative estimate of drug-likeness (QED) is 0.772. The van der Waals surface area contributed by atoms with Gasteiger partial charge in [-0.3, -0.25) is 0 Å². The van der Waals surface area contributed by atoms with Gasteiger partial charge < -0.3 is 0 Å². The lowest BCUT2D eigenvalue weighted by Crippen LogP contribution is -1.80. The van der Waals surface area contributed by atoms with Gasteiger partial charge in [0.15, 0.2) is 0 Å². The molecule has 82 valence electrons. The fourth-order valence-corrected chi connectivity index (χ4v) is 3.62. The number of rotatable bonds is 3. The second kappa shape index (κ2) is 5.77. The molecule has 2 aromatic rings. The van der Waals surface area contributed by atoms with Crippen LogP contribution >= 0.6 is 44.8 Å². The lowest BCUT2D eigenvalue weighted by molar-refractivity contribution is 1.13. The Bertz CT molecular complexity index is 448. The summed E-state index contributed by atoms with van der Waals surface area (Å²) in [6.45, 7) is 0. The van der Waals surface area contributed by atoms with Gasteiger partial charge in [0.05, 0.1) is 10.0 Å². The minimum atomic E-state index is 0.632. The maximum atomic E-state index is 5.98. The van der Waals surface area contributed by atoms with Crippen LogP contribution in [0.25, 0.3) is 0 Å². The first-order valence-corrected chi connectivity index (χ1v) is 7.23. The number of aromatic nitrogens is 2. The van der Waals surface area contributed by atoms with Crippen LogP contribution in [0.5, 0.6) is 0 Å². The Balaban J connectivity index is 2.09. The van der Waals surface area contributed by atoms with E-state index in [1.807, 2.05) is 0 Å². The molecule has 0 unspecified atom stereocenters. The highest BCUT2D eigenvalue weighted by atomic mass is 35.5. The third kappa shape index (κ3) is 3.04. The monoisotopic (exact) mass is 288 g/mol. The predicted molar refractivity (Wildman–Crippen MR) is 70.2 cm³/mol. The summed E-state index contributed by atoms with van der Waals surface area (Å²) in [4.78, 5) is 8.32. The lowest BCUT2D eigenvalue weighted by atomic mass is 10.5. The van der Waals surface area contributed by atoms with Crippen LogP contribution in [-0.2, 0) is 0 Å². The molecular weight excluding hydrogens is 283 g/mol. The molecule has 16 heavy (non-hydrogen) atoms. The molecule has 2 aromatic heterocycles. The largest absolute Gasteiger partial charge is 0.247 e. The van der Waals surface area contributed by atoms with Gasteiger partial charge >= 0.3 is 0 Å². The summed E-state index contributed by atoms with van der Waals surface area (Å²) in [6, 6.07) is 7.20. The highest BCUT2D eigenvalue weighted by molar-refractivity contribution is 8.76. The number of hydrogen-bond acceptors (Lipinski definition) is 4. The average molecular weight is 289 g/mol. The van der Waals surface area contributed by atoms with Crippen molar-refractivity contribution in [2.75, 3.05) is 0 Å². The normalized spacial score (nSPS) is 10.4. The van der Waals surface area contributed by atoms with Crippen molar-refractivity contribution in [1.82, 2.24) is 9.97 Å². The van der Waals surface area contributed by atoms with Crippen LogP contribution in [0.1, 0.15) is 0 Å². The molecule has 0 fully saturated rings. The summed E-state index contributed by atoms with van der Waals surface area (Å²) in [7, 11) is 2.88. The van der Waals surface area contributed by atoms with Crippen molar-refractivity contribution in [3.05, 3.63) is 46.7 Å². The van der Waals surface area contributed by atoms with E-state index in [0.717, 1.165) is 10.1 Å². The molecular formula is C10H6Cl2N2S2. The molecule has 0 saturated heterocycles. The van der Waals surface area contributed by atoms with Crippen LogP contribution in [0, 0.1) is 0 Å². The van der Waals surface area contributed by atoms with Gasteiger partial charge in [-0.25, -0.2) is 9.97 Å². The lowest BCUT2D eigenvalue weighted by Gasteiger charge is -2.02. The van der Waals surface area contributed by atoms with Crippen molar-refractivity contribution >= 4 is 44.8 Å². The topological polar surface area (TPSA) is 25.8 Å². The van der Waals surface area contributed by atoms with Crippen molar-refractivity contribution in [2.45, 2.75) is 10.1 Å². The van der Waals surface area contributed by atoms with Gasteiger partial charge in [-0.05, 0) is 45.9 Å². The highest BCUT2D eigenvalue weighted by Crippen LogP contribution is 2.40. The summed E-state index contributed by atoms with van der Waals surface area (Å²) in [5, 5.41) is 2.78. The molecule has 0 atom stereocenters. The Kier molecular flexibility index (Phi) is 4.35. The molecule has 0 aliphatic heterocycles. The van der Waals surface area contributed by atoms with E-state index in [0.29, 0.717) is 10.0 Å². The number of pyridine rings is 2. The minimum absolute atomic E-state index is 0.632. The van der Waals surface area contributed by atoms with E-state index >= 15 is 0 Å². The highest BCUT2D eigenvalue weighted by Gasteiger charge is 2.06. The van der Waals surface area contributed by atoms with E-state index in [1.54, 1.807) is 36.7 Å². The van der Waals surface area contributed by atoms with Crippen LogP contribution in [-0.4, -0.2) is 9.97 Å². The summed E-state index contributed by atoms with van der Waals surface area (Å²) in [5.74, 6) is 0. The zero-order chi connectivity index (χ0) is 11.4. The van der Waals surface area contributed by atoms with Crippen molar-refractivity contribution < 1.29 is 0 Å². The Morgan fingerprint density at radius 1 is 0.812 bits per heavy atom. The Hall–Kier alpha value is -0.420. The molecule has 2 rings (SSSR count). The van der Waals surface area contributed by atoms with Crippen molar-refractivity contribution in [3.8, 4) is 0 Å². The van der Waals surface area contributed by atoms with E-state index in [9.17, 15) is 0 Å². The Morgan fingerprint density at radius 3 is 1.62 bits per heavy atom. The molecule has 0 bridgehead atoms. The molecule has 0 N–H and O–H groups in total. The molecule has 6 heteroatoms. The van der Waals surface area contributed by atoms with Gasteiger partial charge in [0.25, 0.3) is 0 Å². The standard InChI is InChI=1S/C10H6Cl2N2S2/c11-7-3-1-5-13-9(7)15-16-10-8(12)4-2-6-14-10/h1-6H. The van der Waals surface area contributed by atoms with Gasteiger partial charge in [0, 0.05) is 12.4 Å². The van der Waals surface area contributed by atoms with Gasteiger partial charge in [-0.1, -0.05) is 23.2 Å². The smallest absolute Gasteiger partial charge is 0.125 e. The van der Waals surface area contributed by atoms with E-state index in [-0.39, 0.29) is 0 Å². The zero-order valence-corrected chi connectivity index (χ0v) is 11.1. The minimum Gasteiger partial charge on any atom is -0.247 e. The predicted octanol–water partition coefficient (Wildman–Crippen LogP) is 4.58. The third-order valence-electron chi connectivity index (χ3n) is 1.65. The fourth-order valence-electron chi connectivity index (χ4n) is 0.944. The first-order chi connectivity index (χ1) is 7.77. The summed E-state index contributed by atoms with van der Waals surface area (Å²) in [6.07, 6.45) is 3.41. The second-order valence-electron chi connectivity index (χ2n) is 2.75. The molecule has 0 radical (unpaired) electrons. The van der Waals surface area contributed by atoms with Gasteiger partial charge in [-0.15, -0.1) is 0 Å². The Morgan fingerprint density at radius 2 is 1.25 bits per heavy atom. The van der Waals surface area contributed by atoms with Crippen LogP contribution in [0.2, 0.25) is 10.0 Å². The second-order valence-corrected chi connectivity index (χ2v) is 5.67. The van der Waals surface area contributed by atoms with Crippen LogP contribution in [0.4, 0.5) is 0 Å². The van der Waals surface area contributed by atoms with Crippen molar-refractivity contribution in [2.24, 2.45) is 0 Å². The number of halogens is 2. The van der Waals surface area contributed by atoms with E-state index in [1.165, 1.54) is 21.6 Å². The third-order valence-corrected chi connectivity index (χ3v) is 4.73. The van der Waals surface area contributed by atoms with Crippen molar-refractivity contribution in [1.29, 1.82) is 0 Å². The maximum Gasteiger partial charge on any atom is 0.125 e. The maximum absolute atomic E-state index is 5.98. The number of hydrogen-bond donors (Lipinski definition) is 0. The molecule has 0 saturated carbocycles. The SMILES string of the molecule is Clc1cccnc1SSc1ncccc1Cl. The first kappa shape index (κ1) is 12.0. The molecule has 0 amide bonds. The Labute approximate surface area is 111 Å². The zero-order valence-electron chi connectivity index (χ0n) is 7.93. The van der Waals surface area contributed by atoms with Crippen LogP contribution in [0.3, 0.4) is 0 Å².